The molecule has 0 radical (unpaired) electrons. The maximum Gasteiger partial charge on any atom is 0.263 e. The third kappa shape index (κ3) is 2.59. The number of thiophene rings is 1. The Morgan fingerprint density at radius 1 is 1.69 bits per heavy atom. The van der Waals surface area contributed by atoms with E-state index in [-0.39, 0.29) is 18.4 Å². The molecule has 16 heavy (non-hydrogen) atoms. The van der Waals surface area contributed by atoms with E-state index in [2.05, 4.69) is 12.6 Å². The minimum Gasteiger partial charge on any atom is -0.396 e. The third-order valence-corrected chi connectivity index (χ3v) is 4.21. The summed E-state index contributed by atoms with van der Waals surface area (Å²) in [5.41, 5.74) is 0. The molecule has 2 rings (SSSR count). The van der Waals surface area contributed by atoms with Crippen LogP contribution in [0.25, 0.3) is 0 Å². The summed E-state index contributed by atoms with van der Waals surface area (Å²) in [7, 11) is 0. The van der Waals surface area contributed by atoms with Gasteiger partial charge in [-0.2, -0.15) is 0 Å². The number of piperidine rings is 1. The summed E-state index contributed by atoms with van der Waals surface area (Å²) >= 11 is 5.63. The SMILES string of the molecule is O=C(c1cc(S)cs1)N1CCCC(CO)C1. The quantitative estimate of drug-likeness (QED) is 0.794. The molecule has 0 aliphatic carbocycles. The van der Waals surface area contributed by atoms with Crippen molar-refractivity contribution in [1.29, 1.82) is 0 Å². The Morgan fingerprint density at radius 2 is 2.50 bits per heavy atom. The number of aliphatic hydroxyl groups is 1. The van der Waals surface area contributed by atoms with Crippen LogP contribution >= 0.6 is 24.0 Å². The van der Waals surface area contributed by atoms with Crippen molar-refractivity contribution in [3.8, 4) is 0 Å². The Balaban J connectivity index is 2.04. The summed E-state index contributed by atoms with van der Waals surface area (Å²) in [4.78, 5) is 15.5. The number of aliphatic hydroxyl groups excluding tert-OH is 1. The summed E-state index contributed by atoms with van der Waals surface area (Å²) in [6, 6.07) is 1.80. The highest BCUT2D eigenvalue weighted by Crippen LogP contribution is 2.22. The zero-order chi connectivity index (χ0) is 11.5. The second kappa shape index (κ2) is 5.21. The summed E-state index contributed by atoms with van der Waals surface area (Å²) in [5.74, 6) is 0.316. The Labute approximate surface area is 104 Å². The van der Waals surface area contributed by atoms with Crippen molar-refractivity contribution in [2.45, 2.75) is 17.7 Å². The van der Waals surface area contributed by atoms with E-state index >= 15 is 0 Å². The van der Waals surface area contributed by atoms with Crippen molar-refractivity contribution in [3.05, 3.63) is 16.3 Å². The van der Waals surface area contributed by atoms with Crippen LogP contribution in [0.2, 0.25) is 0 Å². The highest BCUT2D eigenvalue weighted by atomic mass is 32.1. The molecule has 0 aromatic carbocycles. The number of hydrogen-bond acceptors (Lipinski definition) is 4. The van der Waals surface area contributed by atoms with Crippen molar-refractivity contribution in [3.63, 3.8) is 0 Å². The molecule has 0 saturated carbocycles. The van der Waals surface area contributed by atoms with E-state index in [1.54, 1.807) is 6.07 Å². The van der Waals surface area contributed by atoms with Gasteiger partial charge in [0.1, 0.15) is 0 Å². The van der Waals surface area contributed by atoms with Gasteiger partial charge in [-0.3, -0.25) is 4.79 Å². The summed E-state index contributed by atoms with van der Waals surface area (Å²) in [5, 5.41) is 11.0. The third-order valence-electron chi connectivity index (χ3n) is 2.86. The van der Waals surface area contributed by atoms with Crippen LogP contribution in [0.5, 0.6) is 0 Å². The molecule has 88 valence electrons. The van der Waals surface area contributed by atoms with Crippen LogP contribution < -0.4 is 0 Å². The molecule has 1 aliphatic rings. The first-order valence-electron chi connectivity index (χ1n) is 5.38. The summed E-state index contributed by atoms with van der Waals surface area (Å²) in [6.45, 7) is 1.65. The van der Waals surface area contributed by atoms with Gasteiger partial charge in [-0.1, -0.05) is 0 Å². The zero-order valence-corrected chi connectivity index (χ0v) is 10.6. The number of carbonyl (C=O) groups excluding carboxylic acids is 1. The molecule has 1 fully saturated rings. The molecule has 1 saturated heterocycles. The number of nitrogens with zero attached hydrogens (tertiary/aromatic N) is 1. The maximum absolute atomic E-state index is 12.1. The Bertz CT molecular complexity index is 378. The highest BCUT2D eigenvalue weighted by Gasteiger charge is 2.24. The van der Waals surface area contributed by atoms with Crippen LogP contribution in [0.3, 0.4) is 0 Å². The van der Waals surface area contributed by atoms with Crippen molar-refractivity contribution in [1.82, 2.24) is 4.90 Å². The first-order chi connectivity index (χ1) is 7.70. The molecule has 1 atom stereocenters. The molecule has 1 N–H and O–H groups in total. The first-order valence-corrected chi connectivity index (χ1v) is 6.71. The average molecular weight is 257 g/mol. The molecule has 0 spiro atoms. The lowest BCUT2D eigenvalue weighted by molar-refractivity contribution is 0.0625. The molecule has 0 bridgehead atoms. The van der Waals surface area contributed by atoms with Crippen molar-refractivity contribution in [2.75, 3.05) is 19.7 Å². The average Bonchev–Trinajstić information content (AvgIpc) is 2.75. The van der Waals surface area contributed by atoms with Gasteiger partial charge < -0.3 is 10.0 Å². The van der Waals surface area contributed by atoms with Crippen LogP contribution in [0.1, 0.15) is 22.5 Å². The smallest absolute Gasteiger partial charge is 0.263 e. The van der Waals surface area contributed by atoms with Crippen LogP contribution in [-0.4, -0.2) is 35.6 Å². The second-order valence-electron chi connectivity index (χ2n) is 4.11. The zero-order valence-electron chi connectivity index (χ0n) is 8.93. The summed E-state index contributed by atoms with van der Waals surface area (Å²) < 4.78 is 0. The fourth-order valence-corrected chi connectivity index (χ4v) is 3.11. The topological polar surface area (TPSA) is 40.5 Å². The highest BCUT2D eigenvalue weighted by molar-refractivity contribution is 7.80. The van der Waals surface area contributed by atoms with Crippen molar-refractivity contribution >= 4 is 29.9 Å². The van der Waals surface area contributed by atoms with Gasteiger partial charge in [-0.05, 0) is 24.8 Å². The molecule has 1 aromatic heterocycles. The van der Waals surface area contributed by atoms with E-state index in [1.807, 2.05) is 10.3 Å². The normalized spacial score (nSPS) is 21.1. The second-order valence-corrected chi connectivity index (χ2v) is 5.54. The van der Waals surface area contributed by atoms with Gasteiger partial charge in [-0.15, -0.1) is 24.0 Å². The minimum absolute atomic E-state index is 0.0726. The maximum atomic E-state index is 12.1. The number of thiol groups is 1. The van der Waals surface area contributed by atoms with Crippen LogP contribution in [0, 0.1) is 5.92 Å². The largest absolute Gasteiger partial charge is 0.396 e. The number of rotatable bonds is 2. The van der Waals surface area contributed by atoms with Crippen LogP contribution in [0.4, 0.5) is 0 Å². The van der Waals surface area contributed by atoms with Crippen LogP contribution in [-0.2, 0) is 0 Å². The lowest BCUT2D eigenvalue weighted by atomic mass is 9.99. The molecule has 1 amide bonds. The number of likely N-dealkylation sites (tertiary alicyclic amines) is 1. The Kier molecular flexibility index (Phi) is 3.89. The van der Waals surface area contributed by atoms with Crippen LogP contribution in [0.15, 0.2) is 16.3 Å². The first kappa shape index (κ1) is 12.0. The lowest BCUT2D eigenvalue weighted by Crippen LogP contribution is -2.40. The van der Waals surface area contributed by atoms with E-state index < -0.39 is 0 Å². The molecule has 3 nitrogen and oxygen atoms in total. The molecule has 2 heterocycles. The van der Waals surface area contributed by atoms with Crippen molar-refractivity contribution < 1.29 is 9.90 Å². The van der Waals surface area contributed by atoms with Gasteiger partial charge in [0, 0.05) is 30.0 Å². The van der Waals surface area contributed by atoms with E-state index in [4.69, 9.17) is 5.11 Å². The number of hydrogen-bond donors (Lipinski definition) is 2. The fourth-order valence-electron chi connectivity index (χ4n) is 1.99. The number of carbonyl (C=O) groups is 1. The van der Waals surface area contributed by atoms with Gasteiger partial charge in [-0.25, -0.2) is 0 Å². The molecular weight excluding hydrogens is 242 g/mol. The molecular formula is C11H15NO2S2. The molecule has 1 unspecified atom stereocenters. The molecule has 1 aromatic rings. The van der Waals surface area contributed by atoms with Gasteiger partial charge in [0.15, 0.2) is 0 Å². The predicted molar refractivity (Wildman–Crippen MR) is 67.3 cm³/mol. The van der Waals surface area contributed by atoms with E-state index in [0.29, 0.717) is 6.54 Å². The molecule has 1 aliphatic heterocycles. The van der Waals surface area contributed by atoms with Crippen molar-refractivity contribution in [2.24, 2.45) is 5.92 Å². The Hall–Kier alpha value is -0.520. The minimum atomic E-state index is 0.0726. The standard InChI is InChI=1S/C11H15NO2S2/c13-6-8-2-1-3-12(5-8)11(14)10-4-9(15)7-16-10/h4,7-8,13,15H,1-3,5-6H2. The Morgan fingerprint density at radius 3 is 3.12 bits per heavy atom. The van der Waals surface area contributed by atoms with Gasteiger partial charge in [0.2, 0.25) is 0 Å². The molecule has 5 heteroatoms. The summed E-state index contributed by atoms with van der Waals surface area (Å²) in [6.07, 6.45) is 2.00. The van der Waals surface area contributed by atoms with E-state index in [9.17, 15) is 4.79 Å². The predicted octanol–water partition coefficient (Wildman–Crippen LogP) is 1.88. The lowest BCUT2D eigenvalue weighted by Gasteiger charge is -2.31. The van der Waals surface area contributed by atoms with Gasteiger partial charge in [0.05, 0.1) is 4.88 Å². The van der Waals surface area contributed by atoms with Gasteiger partial charge in [0.25, 0.3) is 5.91 Å². The van der Waals surface area contributed by atoms with E-state index in [1.165, 1.54) is 11.3 Å². The van der Waals surface area contributed by atoms with Gasteiger partial charge >= 0.3 is 0 Å². The fraction of sp³-hybridized carbons (Fsp3) is 0.545. The monoisotopic (exact) mass is 257 g/mol. The number of amides is 1. The van der Waals surface area contributed by atoms with E-state index in [0.717, 1.165) is 29.2 Å².